The minimum Gasteiger partial charge on any atom is -0.373 e. The Kier molecular flexibility index (Phi) is 5.36. The Hall–Kier alpha value is -0.640. The standard InChI is InChI=1S/C13H17Cl3N2O/c1-7(12(19)18-13(2,3)4)17-11-6-9(15)8(14)5-10(11)16/h5-7,17H,1-4H3,(H,18,19). The molecule has 1 aromatic carbocycles. The van der Waals surface area contributed by atoms with Gasteiger partial charge in [0.1, 0.15) is 6.04 Å². The van der Waals surface area contributed by atoms with E-state index in [0.717, 1.165) is 0 Å². The Morgan fingerprint density at radius 2 is 1.63 bits per heavy atom. The van der Waals surface area contributed by atoms with Gasteiger partial charge in [0.25, 0.3) is 0 Å². The van der Waals surface area contributed by atoms with Crippen LogP contribution in [0.5, 0.6) is 0 Å². The fraction of sp³-hybridized carbons (Fsp3) is 0.462. The van der Waals surface area contributed by atoms with Crippen molar-refractivity contribution in [1.29, 1.82) is 0 Å². The second-order valence-electron chi connectivity index (χ2n) is 5.35. The number of benzene rings is 1. The molecule has 1 rings (SSSR count). The number of carbonyl (C=O) groups excluding carboxylic acids is 1. The van der Waals surface area contributed by atoms with Crippen LogP contribution in [-0.4, -0.2) is 17.5 Å². The molecule has 3 nitrogen and oxygen atoms in total. The summed E-state index contributed by atoms with van der Waals surface area (Å²) in [5.74, 6) is -0.116. The lowest BCUT2D eigenvalue weighted by molar-refractivity contribution is -0.122. The number of nitrogens with one attached hydrogen (secondary N) is 2. The third kappa shape index (κ3) is 5.09. The molecule has 0 aliphatic carbocycles. The molecule has 106 valence electrons. The summed E-state index contributed by atoms with van der Waals surface area (Å²) in [6, 6.07) is 2.71. The van der Waals surface area contributed by atoms with Crippen LogP contribution in [-0.2, 0) is 4.79 Å². The van der Waals surface area contributed by atoms with E-state index in [0.29, 0.717) is 20.8 Å². The maximum atomic E-state index is 12.0. The molecule has 2 N–H and O–H groups in total. The summed E-state index contributed by atoms with van der Waals surface area (Å²) in [5.41, 5.74) is 0.293. The molecule has 0 saturated heterocycles. The second kappa shape index (κ2) is 6.21. The number of amides is 1. The Bertz CT molecular complexity index is 484. The molecule has 0 aromatic heterocycles. The Balaban J connectivity index is 2.80. The highest BCUT2D eigenvalue weighted by molar-refractivity contribution is 6.44. The van der Waals surface area contributed by atoms with E-state index in [-0.39, 0.29) is 11.4 Å². The zero-order valence-corrected chi connectivity index (χ0v) is 13.5. The molecule has 1 atom stereocenters. The van der Waals surface area contributed by atoms with Crippen LogP contribution in [0.25, 0.3) is 0 Å². The highest BCUT2D eigenvalue weighted by atomic mass is 35.5. The molecule has 0 radical (unpaired) electrons. The van der Waals surface area contributed by atoms with Crippen molar-refractivity contribution in [2.75, 3.05) is 5.32 Å². The Labute approximate surface area is 128 Å². The molecule has 19 heavy (non-hydrogen) atoms. The first kappa shape index (κ1) is 16.4. The summed E-state index contributed by atoms with van der Waals surface area (Å²) in [6.07, 6.45) is 0. The van der Waals surface area contributed by atoms with Crippen molar-refractivity contribution in [3.63, 3.8) is 0 Å². The first-order chi connectivity index (χ1) is 8.60. The SMILES string of the molecule is CC(Nc1cc(Cl)c(Cl)cc1Cl)C(=O)NC(C)(C)C. The van der Waals surface area contributed by atoms with Gasteiger partial charge in [-0.05, 0) is 39.8 Å². The minimum absolute atomic E-state index is 0.116. The fourth-order valence-electron chi connectivity index (χ4n) is 1.41. The third-order valence-electron chi connectivity index (χ3n) is 2.27. The van der Waals surface area contributed by atoms with Gasteiger partial charge in [-0.1, -0.05) is 34.8 Å². The van der Waals surface area contributed by atoms with E-state index in [1.807, 2.05) is 20.8 Å². The van der Waals surface area contributed by atoms with Gasteiger partial charge in [-0.25, -0.2) is 0 Å². The normalized spacial score (nSPS) is 13.0. The van der Waals surface area contributed by atoms with Crippen LogP contribution in [0.1, 0.15) is 27.7 Å². The van der Waals surface area contributed by atoms with E-state index in [4.69, 9.17) is 34.8 Å². The van der Waals surface area contributed by atoms with E-state index in [9.17, 15) is 4.79 Å². The number of anilines is 1. The summed E-state index contributed by atoms with van der Waals surface area (Å²) >= 11 is 17.8. The van der Waals surface area contributed by atoms with Gasteiger partial charge in [0.05, 0.1) is 20.8 Å². The highest BCUT2D eigenvalue weighted by Gasteiger charge is 2.20. The number of rotatable bonds is 3. The van der Waals surface area contributed by atoms with Crippen LogP contribution < -0.4 is 10.6 Å². The Morgan fingerprint density at radius 1 is 1.11 bits per heavy atom. The van der Waals surface area contributed by atoms with Gasteiger partial charge in [-0.3, -0.25) is 4.79 Å². The van der Waals surface area contributed by atoms with Gasteiger partial charge in [-0.15, -0.1) is 0 Å². The van der Waals surface area contributed by atoms with Crippen LogP contribution in [0.4, 0.5) is 5.69 Å². The summed E-state index contributed by atoms with van der Waals surface area (Å²) in [6.45, 7) is 7.51. The van der Waals surface area contributed by atoms with E-state index in [2.05, 4.69) is 10.6 Å². The average molecular weight is 324 g/mol. The predicted octanol–water partition coefficient (Wildman–Crippen LogP) is 4.36. The lowest BCUT2D eigenvalue weighted by atomic mass is 10.1. The molecular formula is C13H17Cl3N2O. The van der Waals surface area contributed by atoms with Crippen molar-refractivity contribution in [2.24, 2.45) is 0 Å². The van der Waals surface area contributed by atoms with Crippen molar-refractivity contribution in [2.45, 2.75) is 39.3 Å². The lowest BCUT2D eigenvalue weighted by Gasteiger charge is -2.24. The maximum absolute atomic E-state index is 12.0. The smallest absolute Gasteiger partial charge is 0.242 e. The predicted molar refractivity (Wildman–Crippen MR) is 82.5 cm³/mol. The van der Waals surface area contributed by atoms with E-state index >= 15 is 0 Å². The highest BCUT2D eigenvalue weighted by Crippen LogP contribution is 2.32. The third-order valence-corrected chi connectivity index (χ3v) is 3.31. The first-order valence-corrected chi connectivity index (χ1v) is 6.96. The zero-order valence-electron chi connectivity index (χ0n) is 11.3. The summed E-state index contributed by atoms with van der Waals surface area (Å²) in [5, 5.41) is 7.08. The first-order valence-electron chi connectivity index (χ1n) is 5.83. The lowest BCUT2D eigenvalue weighted by Crippen LogP contribution is -2.47. The quantitative estimate of drug-likeness (QED) is 0.811. The second-order valence-corrected chi connectivity index (χ2v) is 6.57. The Morgan fingerprint density at radius 3 is 2.16 bits per heavy atom. The molecule has 0 spiro atoms. The van der Waals surface area contributed by atoms with Crippen molar-refractivity contribution in [3.05, 3.63) is 27.2 Å². The molecule has 0 aliphatic rings. The molecular weight excluding hydrogens is 307 g/mol. The van der Waals surface area contributed by atoms with Gasteiger partial charge in [0, 0.05) is 5.54 Å². The van der Waals surface area contributed by atoms with Gasteiger partial charge in [0.2, 0.25) is 5.91 Å². The topological polar surface area (TPSA) is 41.1 Å². The van der Waals surface area contributed by atoms with Crippen LogP contribution in [0.15, 0.2) is 12.1 Å². The van der Waals surface area contributed by atoms with Crippen molar-refractivity contribution in [3.8, 4) is 0 Å². The monoisotopic (exact) mass is 322 g/mol. The molecule has 0 saturated carbocycles. The minimum atomic E-state index is -0.436. The fourth-order valence-corrected chi connectivity index (χ4v) is 2.01. The molecule has 0 aliphatic heterocycles. The summed E-state index contributed by atoms with van der Waals surface area (Å²) < 4.78 is 0. The largest absolute Gasteiger partial charge is 0.373 e. The van der Waals surface area contributed by atoms with E-state index < -0.39 is 6.04 Å². The van der Waals surface area contributed by atoms with Crippen LogP contribution >= 0.6 is 34.8 Å². The van der Waals surface area contributed by atoms with Crippen LogP contribution in [0.3, 0.4) is 0 Å². The number of hydrogen-bond donors (Lipinski definition) is 2. The van der Waals surface area contributed by atoms with Gasteiger partial charge in [0.15, 0.2) is 0 Å². The van der Waals surface area contributed by atoms with Crippen molar-refractivity contribution < 1.29 is 4.79 Å². The molecule has 0 bridgehead atoms. The summed E-state index contributed by atoms with van der Waals surface area (Å²) in [7, 11) is 0. The van der Waals surface area contributed by atoms with Crippen LogP contribution in [0, 0.1) is 0 Å². The number of halogens is 3. The maximum Gasteiger partial charge on any atom is 0.242 e. The molecule has 0 fully saturated rings. The van der Waals surface area contributed by atoms with E-state index in [1.54, 1.807) is 19.1 Å². The molecule has 0 heterocycles. The molecule has 1 amide bonds. The van der Waals surface area contributed by atoms with Gasteiger partial charge >= 0.3 is 0 Å². The van der Waals surface area contributed by atoms with Gasteiger partial charge in [-0.2, -0.15) is 0 Å². The average Bonchev–Trinajstić information content (AvgIpc) is 2.23. The summed E-state index contributed by atoms with van der Waals surface area (Å²) in [4.78, 5) is 12.0. The van der Waals surface area contributed by atoms with Gasteiger partial charge < -0.3 is 10.6 Å². The molecule has 1 aromatic rings. The molecule has 6 heteroatoms. The zero-order chi connectivity index (χ0) is 14.8. The van der Waals surface area contributed by atoms with E-state index in [1.165, 1.54) is 0 Å². The molecule has 1 unspecified atom stereocenters. The van der Waals surface area contributed by atoms with Crippen molar-refractivity contribution in [1.82, 2.24) is 5.32 Å². The number of hydrogen-bond acceptors (Lipinski definition) is 2. The van der Waals surface area contributed by atoms with Crippen LogP contribution in [0.2, 0.25) is 15.1 Å². The number of carbonyl (C=O) groups is 1. The van der Waals surface area contributed by atoms with Crippen molar-refractivity contribution >= 4 is 46.4 Å².